The van der Waals surface area contributed by atoms with Gasteiger partial charge in [-0.05, 0) is 32.2 Å². The number of hydrogen-bond acceptors (Lipinski definition) is 3. The molecule has 2 aliphatic rings. The van der Waals surface area contributed by atoms with Crippen LogP contribution in [0.25, 0.3) is 0 Å². The highest BCUT2D eigenvalue weighted by Gasteiger charge is 2.43. The fraction of sp³-hybridized carbons (Fsp3) is 0.889. The largest absolute Gasteiger partial charge is 0.466 e. The maximum absolute atomic E-state index is 11.4. The van der Waals surface area contributed by atoms with Crippen molar-refractivity contribution in [2.24, 2.45) is 11.8 Å². The lowest BCUT2D eigenvalue weighted by atomic mass is 9.96. The summed E-state index contributed by atoms with van der Waals surface area (Å²) in [6.07, 6.45) is 2.16. The SMILES string of the molecule is CCOC(=O)[C@@H]1C[C@@H]2C[C@H]1CN2. The number of rotatable bonds is 2. The third kappa shape index (κ3) is 1.22. The van der Waals surface area contributed by atoms with Gasteiger partial charge in [0, 0.05) is 6.04 Å². The van der Waals surface area contributed by atoms with Crippen LogP contribution in [0.1, 0.15) is 19.8 Å². The zero-order valence-electron chi connectivity index (χ0n) is 7.38. The third-order valence-corrected chi connectivity index (χ3v) is 2.95. The smallest absolute Gasteiger partial charge is 0.309 e. The van der Waals surface area contributed by atoms with E-state index in [4.69, 9.17) is 4.74 Å². The number of carbonyl (C=O) groups excluding carboxylic acids is 1. The van der Waals surface area contributed by atoms with Gasteiger partial charge in [-0.15, -0.1) is 0 Å². The summed E-state index contributed by atoms with van der Waals surface area (Å²) in [4.78, 5) is 11.4. The molecule has 2 rings (SSSR count). The first-order valence-electron chi connectivity index (χ1n) is 4.71. The average molecular weight is 169 g/mol. The molecule has 12 heavy (non-hydrogen) atoms. The van der Waals surface area contributed by atoms with E-state index in [-0.39, 0.29) is 11.9 Å². The van der Waals surface area contributed by atoms with Gasteiger partial charge in [-0.25, -0.2) is 0 Å². The van der Waals surface area contributed by atoms with Crippen LogP contribution in [0.4, 0.5) is 0 Å². The van der Waals surface area contributed by atoms with Gasteiger partial charge in [0.1, 0.15) is 0 Å². The monoisotopic (exact) mass is 169 g/mol. The van der Waals surface area contributed by atoms with E-state index in [1.807, 2.05) is 6.92 Å². The van der Waals surface area contributed by atoms with Crippen LogP contribution in [0.15, 0.2) is 0 Å². The van der Waals surface area contributed by atoms with Crippen molar-refractivity contribution in [3.63, 3.8) is 0 Å². The summed E-state index contributed by atoms with van der Waals surface area (Å²) in [6.45, 7) is 3.39. The summed E-state index contributed by atoms with van der Waals surface area (Å²) in [5.74, 6) is 0.761. The van der Waals surface area contributed by atoms with E-state index in [1.165, 1.54) is 6.42 Å². The van der Waals surface area contributed by atoms with E-state index in [0.29, 0.717) is 18.6 Å². The predicted octanol–water partition coefficient (Wildman–Crippen LogP) is 0.547. The molecule has 68 valence electrons. The molecule has 0 aromatic heterocycles. The van der Waals surface area contributed by atoms with Gasteiger partial charge >= 0.3 is 5.97 Å². The Hall–Kier alpha value is -0.570. The molecule has 0 unspecified atom stereocenters. The highest BCUT2D eigenvalue weighted by atomic mass is 16.5. The second kappa shape index (κ2) is 3.05. The van der Waals surface area contributed by atoms with Crippen molar-refractivity contribution >= 4 is 5.97 Å². The van der Waals surface area contributed by atoms with Crippen LogP contribution in [-0.2, 0) is 9.53 Å². The summed E-state index contributed by atoms with van der Waals surface area (Å²) in [7, 11) is 0. The number of ether oxygens (including phenoxy) is 1. The van der Waals surface area contributed by atoms with Crippen LogP contribution in [0.5, 0.6) is 0 Å². The summed E-state index contributed by atoms with van der Waals surface area (Å²) < 4.78 is 5.01. The number of hydrogen-bond donors (Lipinski definition) is 1. The Bertz CT molecular complexity index is 193. The third-order valence-electron chi connectivity index (χ3n) is 2.95. The molecule has 1 saturated heterocycles. The second-order valence-electron chi connectivity index (χ2n) is 3.70. The zero-order valence-corrected chi connectivity index (χ0v) is 7.38. The number of nitrogens with one attached hydrogen (secondary N) is 1. The topological polar surface area (TPSA) is 38.3 Å². The zero-order chi connectivity index (χ0) is 8.55. The van der Waals surface area contributed by atoms with Crippen molar-refractivity contribution in [2.75, 3.05) is 13.2 Å². The minimum atomic E-state index is 0.0199. The van der Waals surface area contributed by atoms with Crippen LogP contribution >= 0.6 is 0 Å². The molecule has 0 radical (unpaired) electrons. The Labute approximate surface area is 72.5 Å². The van der Waals surface area contributed by atoms with Crippen LogP contribution in [0.2, 0.25) is 0 Å². The molecule has 1 heterocycles. The van der Waals surface area contributed by atoms with Gasteiger partial charge in [0.2, 0.25) is 0 Å². The van der Waals surface area contributed by atoms with E-state index in [9.17, 15) is 4.79 Å². The summed E-state index contributed by atoms with van der Waals surface area (Å²) in [5, 5.41) is 3.38. The Kier molecular flexibility index (Phi) is 2.05. The maximum atomic E-state index is 11.4. The van der Waals surface area contributed by atoms with E-state index in [2.05, 4.69) is 5.32 Å². The van der Waals surface area contributed by atoms with Crippen LogP contribution in [-0.4, -0.2) is 25.2 Å². The lowest BCUT2D eigenvalue weighted by Crippen LogP contribution is -2.34. The number of piperidine rings is 1. The Morgan fingerprint density at radius 2 is 2.42 bits per heavy atom. The van der Waals surface area contributed by atoms with Crippen molar-refractivity contribution in [3.8, 4) is 0 Å². The predicted molar refractivity (Wildman–Crippen MR) is 44.6 cm³/mol. The molecule has 0 aromatic rings. The first-order valence-corrected chi connectivity index (χ1v) is 4.71. The first-order chi connectivity index (χ1) is 5.81. The van der Waals surface area contributed by atoms with Crippen molar-refractivity contribution < 1.29 is 9.53 Å². The molecule has 1 aliphatic heterocycles. The van der Waals surface area contributed by atoms with Crippen molar-refractivity contribution in [2.45, 2.75) is 25.8 Å². The van der Waals surface area contributed by atoms with Crippen LogP contribution < -0.4 is 5.32 Å². The Morgan fingerprint density at radius 3 is 2.92 bits per heavy atom. The molecular weight excluding hydrogens is 154 g/mol. The Balaban J connectivity index is 1.93. The van der Waals surface area contributed by atoms with Gasteiger partial charge in [-0.3, -0.25) is 4.79 Å². The molecule has 1 aliphatic carbocycles. The van der Waals surface area contributed by atoms with Gasteiger partial charge in [0.05, 0.1) is 12.5 Å². The Morgan fingerprint density at radius 1 is 1.58 bits per heavy atom. The van der Waals surface area contributed by atoms with E-state index < -0.39 is 0 Å². The molecule has 1 saturated carbocycles. The number of esters is 1. The van der Waals surface area contributed by atoms with Gasteiger partial charge in [-0.1, -0.05) is 0 Å². The molecule has 2 bridgehead atoms. The highest BCUT2D eigenvalue weighted by Crippen LogP contribution is 2.37. The summed E-state index contributed by atoms with van der Waals surface area (Å²) in [5.41, 5.74) is 0. The first kappa shape index (κ1) is 8.05. The molecule has 3 heteroatoms. The highest BCUT2D eigenvalue weighted by molar-refractivity contribution is 5.73. The van der Waals surface area contributed by atoms with Crippen LogP contribution in [0.3, 0.4) is 0 Å². The minimum absolute atomic E-state index is 0.0199. The second-order valence-corrected chi connectivity index (χ2v) is 3.70. The standard InChI is InChI=1S/C9H15NO2/c1-2-12-9(11)8-4-7-3-6(8)5-10-7/h6-8,10H,2-5H2,1H3/t6-,7-,8+/m0/s1. The lowest BCUT2D eigenvalue weighted by Gasteiger charge is -2.20. The van der Waals surface area contributed by atoms with Gasteiger partial charge in [0.25, 0.3) is 0 Å². The van der Waals surface area contributed by atoms with Crippen LogP contribution in [0, 0.1) is 11.8 Å². The van der Waals surface area contributed by atoms with E-state index >= 15 is 0 Å². The molecule has 1 N–H and O–H groups in total. The molecule has 3 nitrogen and oxygen atoms in total. The van der Waals surface area contributed by atoms with Crippen molar-refractivity contribution in [3.05, 3.63) is 0 Å². The summed E-state index contributed by atoms with van der Waals surface area (Å²) >= 11 is 0. The lowest BCUT2D eigenvalue weighted by molar-refractivity contribution is -0.149. The normalized spacial score (nSPS) is 38.6. The van der Waals surface area contributed by atoms with Gasteiger partial charge < -0.3 is 10.1 Å². The molecule has 2 fully saturated rings. The van der Waals surface area contributed by atoms with E-state index in [1.54, 1.807) is 0 Å². The molecule has 0 amide bonds. The summed E-state index contributed by atoms with van der Waals surface area (Å²) in [6, 6.07) is 0.587. The number of carbonyl (C=O) groups is 1. The molecule has 3 atom stereocenters. The average Bonchev–Trinajstić information content (AvgIpc) is 2.64. The molecular formula is C9H15NO2. The fourth-order valence-corrected chi connectivity index (χ4v) is 2.37. The molecule has 0 spiro atoms. The van der Waals surface area contributed by atoms with Gasteiger partial charge in [0.15, 0.2) is 0 Å². The quantitative estimate of drug-likeness (QED) is 0.613. The van der Waals surface area contributed by atoms with Gasteiger partial charge in [-0.2, -0.15) is 0 Å². The van der Waals surface area contributed by atoms with Crippen molar-refractivity contribution in [1.82, 2.24) is 5.32 Å². The molecule has 0 aromatic carbocycles. The van der Waals surface area contributed by atoms with Crippen molar-refractivity contribution in [1.29, 1.82) is 0 Å². The maximum Gasteiger partial charge on any atom is 0.309 e. The minimum Gasteiger partial charge on any atom is -0.466 e. The van der Waals surface area contributed by atoms with E-state index in [0.717, 1.165) is 13.0 Å². The fourth-order valence-electron chi connectivity index (χ4n) is 2.37. The number of fused-ring (bicyclic) bond motifs is 2.